The van der Waals surface area contributed by atoms with Crippen molar-refractivity contribution in [1.29, 1.82) is 0 Å². The fraction of sp³-hybridized carbons (Fsp3) is 0.500. The molecule has 0 N–H and O–H groups in total. The van der Waals surface area contributed by atoms with E-state index in [4.69, 9.17) is 0 Å². The van der Waals surface area contributed by atoms with Crippen molar-refractivity contribution in [2.45, 2.75) is 38.3 Å². The minimum absolute atomic E-state index is 0.236. The second-order valence-electron chi connectivity index (χ2n) is 4.19. The second-order valence-corrected chi connectivity index (χ2v) is 4.19. The average molecular weight is 214 g/mol. The Labute approximate surface area is 87.1 Å². The standard InChI is InChI=1S/C12H13F3/c1-8-5-6-9-3-2-4-11(10(9)7-8)12(13,14)15/h5-7,11H,2-4H2,1H3. The maximum atomic E-state index is 12.8. The van der Waals surface area contributed by atoms with E-state index in [0.717, 1.165) is 17.5 Å². The molecule has 0 nitrogen and oxygen atoms in total. The van der Waals surface area contributed by atoms with Gasteiger partial charge in [0.2, 0.25) is 0 Å². The van der Waals surface area contributed by atoms with Crippen molar-refractivity contribution < 1.29 is 13.2 Å². The summed E-state index contributed by atoms with van der Waals surface area (Å²) >= 11 is 0. The Morgan fingerprint density at radius 3 is 2.67 bits per heavy atom. The SMILES string of the molecule is Cc1ccc2c(c1)C(C(F)(F)F)CCC2. The summed E-state index contributed by atoms with van der Waals surface area (Å²) in [5, 5.41) is 0. The van der Waals surface area contributed by atoms with E-state index in [-0.39, 0.29) is 6.42 Å². The third-order valence-electron chi connectivity index (χ3n) is 3.01. The predicted molar refractivity (Wildman–Crippen MR) is 52.9 cm³/mol. The van der Waals surface area contributed by atoms with Crippen LogP contribution >= 0.6 is 0 Å². The molecule has 0 saturated heterocycles. The van der Waals surface area contributed by atoms with Crippen molar-refractivity contribution in [2.24, 2.45) is 0 Å². The van der Waals surface area contributed by atoms with Crippen LogP contribution in [-0.2, 0) is 6.42 Å². The Balaban J connectivity index is 2.45. The fourth-order valence-corrected chi connectivity index (χ4v) is 2.26. The molecule has 1 atom stereocenters. The van der Waals surface area contributed by atoms with E-state index in [0.29, 0.717) is 12.0 Å². The molecule has 82 valence electrons. The molecule has 1 aromatic rings. The molecule has 0 saturated carbocycles. The minimum atomic E-state index is -4.09. The normalized spacial score (nSPS) is 21.2. The quantitative estimate of drug-likeness (QED) is 0.612. The summed E-state index contributed by atoms with van der Waals surface area (Å²) < 4.78 is 38.3. The molecule has 0 radical (unpaired) electrons. The Morgan fingerprint density at radius 2 is 2.00 bits per heavy atom. The summed E-state index contributed by atoms with van der Waals surface area (Å²) in [6.07, 6.45) is -2.44. The monoisotopic (exact) mass is 214 g/mol. The van der Waals surface area contributed by atoms with Gasteiger partial charge in [-0.3, -0.25) is 0 Å². The number of aryl methyl sites for hydroxylation is 2. The average Bonchev–Trinajstić information content (AvgIpc) is 2.15. The topological polar surface area (TPSA) is 0 Å². The van der Waals surface area contributed by atoms with E-state index in [1.807, 2.05) is 19.1 Å². The number of alkyl halides is 3. The number of rotatable bonds is 0. The van der Waals surface area contributed by atoms with Gasteiger partial charge in [0.1, 0.15) is 0 Å². The fourth-order valence-electron chi connectivity index (χ4n) is 2.26. The highest BCUT2D eigenvalue weighted by molar-refractivity contribution is 5.36. The predicted octanol–water partition coefficient (Wildman–Crippen LogP) is 3.98. The summed E-state index contributed by atoms with van der Waals surface area (Å²) in [5.41, 5.74) is 2.27. The lowest BCUT2D eigenvalue weighted by Gasteiger charge is -2.27. The van der Waals surface area contributed by atoms with E-state index < -0.39 is 12.1 Å². The van der Waals surface area contributed by atoms with Crippen LogP contribution in [0.5, 0.6) is 0 Å². The maximum Gasteiger partial charge on any atom is 0.395 e. The first-order valence-corrected chi connectivity index (χ1v) is 5.14. The molecule has 1 aliphatic carbocycles. The highest BCUT2D eigenvalue weighted by Crippen LogP contribution is 2.43. The second kappa shape index (κ2) is 3.54. The van der Waals surface area contributed by atoms with Gasteiger partial charge in [-0.1, -0.05) is 23.8 Å². The lowest BCUT2D eigenvalue weighted by Crippen LogP contribution is -2.25. The van der Waals surface area contributed by atoms with Gasteiger partial charge >= 0.3 is 6.18 Å². The molecular formula is C12H13F3. The van der Waals surface area contributed by atoms with Crippen LogP contribution < -0.4 is 0 Å². The van der Waals surface area contributed by atoms with Gasteiger partial charge < -0.3 is 0 Å². The third kappa shape index (κ3) is 2.01. The lowest BCUT2D eigenvalue weighted by atomic mass is 9.82. The smallest absolute Gasteiger partial charge is 0.170 e. The van der Waals surface area contributed by atoms with E-state index in [2.05, 4.69) is 0 Å². The largest absolute Gasteiger partial charge is 0.395 e. The van der Waals surface area contributed by atoms with Crippen molar-refractivity contribution in [3.63, 3.8) is 0 Å². The molecule has 0 amide bonds. The van der Waals surface area contributed by atoms with Gasteiger partial charge in [0.25, 0.3) is 0 Å². The Bertz CT molecular complexity index is 366. The van der Waals surface area contributed by atoms with Crippen molar-refractivity contribution in [1.82, 2.24) is 0 Å². The Kier molecular flexibility index (Phi) is 2.49. The summed E-state index contributed by atoms with van der Waals surface area (Å²) in [4.78, 5) is 0. The summed E-state index contributed by atoms with van der Waals surface area (Å²) in [6.45, 7) is 1.84. The van der Waals surface area contributed by atoms with Gasteiger partial charge in [0.15, 0.2) is 0 Å². The first-order valence-electron chi connectivity index (χ1n) is 5.14. The number of halogens is 3. The Hall–Kier alpha value is -0.990. The molecule has 0 aliphatic heterocycles. The summed E-state index contributed by atoms with van der Waals surface area (Å²) in [6, 6.07) is 5.41. The highest BCUT2D eigenvalue weighted by Gasteiger charge is 2.42. The van der Waals surface area contributed by atoms with Crippen molar-refractivity contribution in [3.8, 4) is 0 Å². The van der Waals surface area contributed by atoms with Gasteiger partial charge in [-0.05, 0) is 37.3 Å². The van der Waals surface area contributed by atoms with E-state index >= 15 is 0 Å². The number of benzene rings is 1. The van der Waals surface area contributed by atoms with Crippen LogP contribution in [0, 0.1) is 6.92 Å². The van der Waals surface area contributed by atoms with Gasteiger partial charge in [0.05, 0.1) is 5.92 Å². The van der Waals surface area contributed by atoms with Crippen LogP contribution in [0.25, 0.3) is 0 Å². The number of hydrogen-bond donors (Lipinski definition) is 0. The molecule has 1 aromatic carbocycles. The summed E-state index contributed by atoms with van der Waals surface area (Å²) in [5.74, 6) is -1.25. The molecule has 0 spiro atoms. The molecule has 0 bridgehead atoms. The minimum Gasteiger partial charge on any atom is -0.170 e. The highest BCUT2D eigenvalue weighted by atomic mass is 19.4. The maximum absolute atomic E-state index is 12.8. The van der Waals surface area contributed by atoms with Crippen LogP contribution in [0.4, 0.5) is 13.2 Å². The van der Waals surface area contributed by atoms with Crippen LogP contribution in [0.15, 0.2) is 18.2 Å². The number of fused-ring (bicyclic) bond motifs is 1. The van der Waals surface area contributed by atoms with Gasteiger partial charge in [-0.15, -0.1) is 0 Å². The van der Waals surface area contributed by atoms with Crippen LogP contribution in [0.1, 0.15) is 35.4 Å². The van der Waals surface area contributed by atoms with Gasteiger partial charge in [-0.25, -0.2) is 0 Å². The van der Waals surface area contributed by atoms with Crippen LogP contribution in [0.2, 0.25) is 0 Å². The van der Waals surface area contributed by atoms with Crippen molar-refractivity contribution in [2.75, 3.05) is 0 Å². The zero-order valence-electron chi connectivity index (χ0n) is 8.56. The summed E-state index contributed by atoms with van der Waals surface area (Å²) in [7, 11) is 0. The molecule has 0 fully saturated rings. The molecule has 0 aromatic heterocycles. The van der Waals surface area contributed by atoms with E-state index in [1.54, 1.807) is 6.07 Å². The molecule has 2 rings (SSSR count). The van der Waals surface area contributed by atoms with Gasteiger partial charge in [-0.2, -0.15) is 13.2 Å². The van der Waals surface area contributed by atoms with Crippen LogP contribution in [-0.4, -0.2) is 6.18 Å². The molecule has 3 heteroatoms. The van der Waals surface area contributed by atoms with Crippen LogP contribution in [0.3, 0.4) is 0 Å². The Morgan fingerprint density at radius 1 is 1.27 bits per heavy atom. The van der Waals surface area contributed by atoms with E-state index in [9.17, 15) is 13.2 Å². The lowest BCUT2D eigenvalue weighted by molar-refractivity contribution is -0.153. The van der Waals surface area contributed by atoms with E-state index in [1.165, 1.54) is 0 Å². The third-order valence-corrected chi connectivity index (χ3v) is 3.01. The van der Waals surface area contributed by atoms with Crippen molar-refractivity contribution >= 4 is 0 Å². The molecule has 1 aliphatic rings. The molecule has 1 unspecified atom stereocenters. The zero-order chi connectivity index (χ0) is 11.1. The van der Waals surface area contributed by atoms with Crippen molar-refractivity contribution in [3.05, 3.63) is 34.9 Å². The molecule has 15 heavy (non-hydrogen) atoms. The molecule has 0 heterocycles. The first-order chi connectivity index (χ1) is 6.98. The van der Waals surface area contributed by atoms with Gasteiger partial charge in [0, 0.05) is 0 Å². The molecular weight excluding hydrogens is 201 g/mol. The first kappa shape index (κ1) is 10.5. The number of hydrogen-bond acceptors (Lipinski definition) is 0. The zero-order valence-corrected chi connectivity index (χ0v) is 8.56.